The molecule has 5 aromatic rings. The Hall–Kier alpha value is -4.63. The maximum atomic E-state index is 14.8. The molecule has 0 spiro atoms. The van der Waals surface area contributed by atoms with E-state index >= 15 is 0 Å². The molecule has 0 atom stereocenters. The van der Waals surface area contributed by atoms with Gasteiger partial charge in [-0.25, -0.2) is 4.39 Å². The molecule has 3 heterocycles. The molecular weight excluding hydrogens is 479 g/mol. The van der Waals surface area contributed by atoms with Crippen molar-refractivity contribution in [2.75, 3.05) is 10.6 Å². The molecule has 178 valence electrons. The summed E-state index contributed by atoms with van der Waals surface area (Å²) in [5.41, 5.74) is 2.34. The minimum atomic E-state index is -0.659. The molecule has 0 saturated heterocycles. The summed E-state index contributed by atoms with van der Waals surface area (Å²) in [6.45, 7) is 0. The molecule has 0 unspecified atom stereocenters. The summed E-state index contributed by atoms with van der Waals surface area (Å²) in [6.07, 6.45) is 2.91. The average Bonchev–Trinajstić information content (AvgIpc) is 3.32. The lowest BCUT2D eigenvalue weighted by atomic mass is 10.2. The van der Waals surface area contributed by atoms with Gasteiger partial charge in [0.2, 0.25) is 11.8 Å². The van der Waals surface area contributed by atoms with Crippen LogP contribution in [0.5, 0.6) is 11.5 Å². The van der Waals surface area contributed by atoms with Crippen LogP contribution in [-0.2, 0) is 9.59 Å². The van der Waals surface area contributed by atoms with Crippen LogP contribution >= 0.6 is 11.3 Å². The smallest absolute Gasteiger partial charge is 0.233 e. The number of ether oxygens (including phenoxy) is 1. The van der Waals surface area contributed by atoms with Crippen LogP contribution in [0, 0.1) is 5.82 Å². The quantitative estimate of drug-likeness (QED) is 0.259. The molecule has 2 amide bonds. The number of fused-ring (bicyclic) bond motifs is 1. The van der Waals surface area contributed by atoms with Gasteiger partial charge in [-0.2, -0.15) is 0 Å². The van der Waals surface area contributed by atoms with E-state index in [1.807, 2.05) is 30.3 Å². The molecule has 2 N–H and O–H groups in total. The summed E-state index contributed by atoms with van der Waals surface area (Å²) in [6, 6.07) is 22.1. The minimum absolute atomic E-state index is 0.00453. The molecule has 36 heavy (non-hydrogen) atoms. The normalized spacial score (nSPS) is 10.7. The molecule has 0 aliphatic rings. The van der Waals surface area contributed by atoms with Gasteiger partial charge in [-0.05, 0) is 42.5 Å². The van der Waals surface area contributed by atoms with Gasteiger partial charge < -0.3 is 15.4 Å². The van der Waals surface area contributed by atoms with E-state index in [0.29, 0.717) is 11.4 Å². The van der Waals surface area contributed by atoms with Crippen molar-refractivity contribution in [2.24, 2.45) is 0 Å². The fourth-order valence-corrected chi connectivity index (χ4v) is 4.53. The molecule has 0 saturated carbocycles. The standard InChI is InChI=1S/C27H19FN4O3S/c28-19-14-18(32-26(34)16-25(33)31-17-6-2-1-3-7-17)9-10-22(19)35-23-11-13-30-21-15-24(36-27(21)23)20-8-4-5-12-29-20/h1-15H,16H2,(H,31,33)(H,32,34). The maximum Gasteiger partial charge on any atom is 0.233 e. The number of halogens is 1. The number of nitrogens with zero attached hydrogens (tertiary/aromatic N) is 2. The number of benzene rings is 2. The number of thiophene rings is 1. The van der Waals surface area contributed by atoms with Gasteiger partial charge >= 0.3 is 0 Å². The summed E-state index contributed by atoms with van der Waals surface area (Å²) in [5, 5.41) is 5.16. The molecule has 2 aromatic carbocycles. The molecule has 7 nitrogen and oxygen atoms in total. The second-order valence-electron chi connectivity index (χ2n) is 7.74. The van der Waals surface area contributed by atoms with Gasteiger partial charge in [0.25, 0.3) is 0 Å². The first-order valence-electron chi connectivity index (χ1n) is 11.0. The van der Waals surface area contributed by atoms with E-state index in [2.05, 4.69) is 20.6 Å². The Morgan fingerprint density at radius 2 is 1.58 bits per heavy atom. The fourth-order valence-electron chi connectivity index (χ4n) is 3.49. The molecular formula is C27H19FN4O3S. The zero-order valence-corrected chi connectivity index (χ0v) is 19.6. The van der Waals surface area contributed by atoms with Gasteiger partial charge in [0.1, 0.15) is 12.2 Å². The SMILES string of the molecule is O=C(CC(=O)Nc1ccc(Oc2ccnc3cc(-c4ccccn4)sc23)c(F)c1)Nc1ccccc1. The lowest BCUT2D eigenvalue weighted by Crippen LogP contribution is -2.21. The van der Waals surface area contributed by atoms with Crippen LogP contribution < -0.4 is 15.4 Å². The van der Waals surface area contributed by atoms with Crippen molar-refractivity contribution in [2.45, 2.75) is 6.42 Å². The summed E-state index contributed by atoms with van der Waals surface area (Å²) < 4.78 is 21.5. The van der Waals surface area contributed by atoms with Crippen LogP contribution in [0.15, 0.2) is 91.3 Å². The van der Waals surface area contributed by atoms with Crippen molar-refractivity contribution in [3.63, 3.8) is 0 Å². The number of carbonyl (C=O) groups is 2. The number of aromatic nitrogens is 2. The van der Waals surface area contributed by atoms with Crippen LogP contribution in [0.4, 0.5) is 15.8 Å². The molecule has 0 fully saturated rings. The van der Waals surface area contributed by atoms with Crippen molar-refractivity contribution >= 4 is 44.7 Å². The van der Waals surface area contributed by atoms with Crippen molar-refractivity contribution in [3.05, 3.63) is 97.1 Å². The number of hydrogen-bond acceptors (Lipinski definition) is 6. The Labute approximate surface area is 209 Å². The van der Waals surface area contributed by atoms with Crippen LogP contribution in [0.25, 0.3) is 20.8 Å². The highest BCUT2D eigenvalue weighted by atomic mass is 32.1. The lowest BCUT2D eigenvalue weighted by Gasteiger charge is -2.10. The van der Waals surface area contributed by atoms with Crippen molar-refractivity contribution in [1.82, 2.24) is 9.97 Å². The van der Waals surface area contributed by atoms with Crippen molar-refractivity contribution < 1.29 is 18.7 Å². The van der Waals surface area contributed by atoms with E-state index in [-0.39, 0.29) is 11.4 Å². The lowest BCUT2D eigenvalue weighted by molar-refractivity contribution is -0.123. The number of carbonyl (C=O) groups excluding carboxylic acids is 2. The van der Waals surface area contributed by atoms with Crippen molar-refractivity contribution in [1.29, 1.82) is 0 Å². The van der Waals surface area contributed by atoms with Crippen molar-refractivity contribution in [3.8, 4) is 22.1 Å². The van der Waals surface area contributed by atoms with E-state index in [1.54, 1.807) is 42.7 Å². The molecule has 3 aromatic heterocycles. The maximum absolute atomic E-state index is 14.8. The predicted octanol–water partition coefficient (Wildman–Crippen LogP) is 6.26. The van der Waals surface area contributed by atoms with E-state index in [4.69, 9.17) is 4.74 Å². The van der Waals surface area contributed by atoms with Crippen LogP contribution in [-0.4, -0.2) is 21.8 Å². The first-order chi connectivity index (χ1) is 17.5. The largest absolute Gasteiger partial charge is 0.453 e. The van der Waals surface area contributed by atoms with E-state index in [0.717, 1.165) is 26.9 Å². The van der Waals surface area contributed by atoms with Crippen LogP contribution in [0.2, 0.25) is 0 Å². The highest BCUT2D eigenvalue weighted by Gasteiger charge is 2.15. The number of rotatable bonds is 7. The van der Waals surface area contributed by atoms with E-state index in [1.165, 1.54) is 23.5 Å². The third-order valence-electron chi connectivity index (χ3n) is 5.11. The first-order valence-corrected chi connectivity index (χ1v) is 11.8. The van der Waals surface area contributed by atoms with Gasteiger partial charge in [-0.15, -0.1) is 11.3 Å². The second kappa shape index (κ2) is 10.3. The number of nitrogens with one attached hydrogen (secondary N) is 2. The predicted molar refractivity (Wildman–Crippen MR) is 138 cm³/mol. The molecule has 0 bridgehead atoms. The number of para-hydroxylation sites is 1. The Morgan fingerprint density at radius 3 is 2.33 bits per heavy atom. The number of hydrogen-bond donors (Lipinski definition) is 2. The molecule has 9 heteroatoms. The van der Waals surface area contributed by atoms with Gasteiger partial charge in [0.15, 0.2) is 11.6 Å². The zero-order valence-electron chi connectivity index (χ0n) is 18.8. The number of amides is 2. The Bertz CT molecular complexity index is 1540. The third-order valence-corrected chi connectivity index (χ3v) is 6.27. The minimum Gasteiger partial charge on any atom is -0.453 e. The summed E-state index contributed by atoms with van der Waals surface area (Å²) in [7, 11) is 0. The molecule has 0 radical (unpaired) electrons. The van der Waals surface area contributed by atoms with Gasteiger partial charge in [-0.3, -0.25) is 19.6 Å². The Balaban J connectivity index is 1.27. The second-order valence-corrected chi connectivity index (χ2v) is 8.79. The number of anilines is 2. The zero-order chi connectivity index (χ0) is 24.9. The van der Waals surface area contributed by atoms with Crippen LogP contribution in [0.3, 0.4) is 0 Å². The topological polar surface area (TPSA) is 93.2 Å². The van der Waals surface area contributed by atoms with Crippen LogP contribution in [0.1, 0.15) is 6.42 Å². The summed E-state index contributed by atoms with van der Waals surface area (Å²) >= 11 is 1.45. The molecule has 0 aliphatic heterocycles. The summed E-state index contributed by atoms with van der Waals surface area (Å²) in [4.78, 5) is 34.0. The van der Waals surface area contributed by atoms with E-state index in [9.17, 15) is 14.0 Å². The van der Waals surface area contributed by atoms with Gasteiger partial charge in [0.05, 0.1) is 20.8 Å². The Morgan fingerprint density at radius 1 is 0.806 bits per heavy atom. The van der Waals surface area contributed by atoms with E-state index < -0.39 is 24.1 Å². The highest BCUT2D eigenvalue weighted by Crippen LogP contribution is 2.39. The molecule has 5 rings (SSSR count). The number of pyridine rings is 2. The first kappa shape index (κ1) is 23.1. The Kier molecular flexibility index (Phi) is 6.63. The molecule has 0 aliphatic carbocycles. The fraction of sp³-hybridized carbons (Fsp3) is 0.0370. The summed E-state index contributed by atoms with van der Waals surface area (Å²) in [5.74, 6) is -1.24. The monoisotopic (exact) mass is 498 g/mol. The average molecular weight is 499 g/mol. The van der Waals surface area contributed by atoms with Gasteiger partial charge in [0, 0.05) is 35.9 Å². The third kappa shape index (κ3) is 5.37. The highest BCUT2D eigenvalue weighted by molar-refractivity contribution is 7.22. The van der Waals surface area contributed by atoms with Gasteiger partial charge in [-0.1, -0.05) is 24.3 Å².